The van der Waals surface area contributed by atoms with E-state index in [1.54, 1.807) is 11.3 Å². The third-order valence-corrected chi connectivity index (χ3v) is 3.00. The molecule has 1 aromatic carbocycles. The third-order valence-electron chi connectivity index (χ3n) is 1.33. The van der Waals surface area contributed by atoms with Crippen molar-refractivity contribution in [3.63, 3.8) is 0 Å². The molecule has 4 heteroatoms. The van der Waals surface area contributed by atoms with Gasteiger partial charge in [-0.05, 0) is 21.2 Å². The van der Waals surface area contributed by atoms with Crippen LogP contribution in [0.5, 0.6) is 0 Å². The molecule has 1 heterocycles. The molecule has 1 nitrogen and oxygen atoms in total. The van der Waals surface area contributed by atoms with Crippen LogP contribution in [0, 0.1) is 0 Å². The van der Waals surface area contributed by atoms with Gasteiger partial charge in [-0.15, -0.1) is 0 Å². The lowest BCUT2D eigenvalue weighted by atomic mass is 10.3. The molecule has 11 heavy (non-hydrogen) atoms. The highest BCUT2D eigenvalue weighted by molar-refractivity contribution is 9.10. The van der Waals surface area contributed by atoms with Crippen molar-refractivity contribution >= 4 is 50.1 Å². The Morgan fingerprint density at radius 1 is 1.45 bits per heavy atom. The van der Waals surface area contributed by atoms with E-state index in [0.29, 0.717) is 4.34 Å². The first-order valence-corrected chi connectivity index (χ1v) is 5.00. The third kappa shape index (κ3) is 1.38. The maximum atomic E-state index is 4.95. The fraction of sp³-hybridized carbons (Fsp3) is 0. The average Bonchev–Trinajstić information content (AvgIpc) is 2.27. The summed E-state index contributed by atoms with van der Waals surface area (Å²) in [6.45, 7) is 0. The second-order valence-electron chi connectivity index (χ2n) is 2.09. The summed E-state index contributed by atoms with van der Waals surface area (Å²) in [7, 11) is 0. The Bertz CT molecular complexity index is 396. The summed E-state index contributed by atoms with van der Waals surface area (Å²) in [4.78, 5) is 4.18. The number of hydrogen-bond donors (Lipinski definition) is 0. The van der Waals surface area contributed by atoms with Crippen LogP contribution in [0.1, 0.15) is 0 Å². The Labute approximate surface area is 82.0 Å². The SMILES string of the molecule is [S-]c1nc2cc(Br)ccc2s1. The molecule has 1 aromatic heterocycles. The highest BCUT2D eigenvalue weighted by Gasteiger charge is 1.92. The summed E-state index contributed by atoms with van der Waals surface area (Å²) in [5.74, 6) is 0. The van der Waals surface area contributed by atoms with E-state index in [1.807, 2.05) is 18.2 Å². The molecule has 0 unspecified atom stereocenters. The lowest BCUT2D eigenvalue weighted by molar-refractivity contribution is 1.31. The van der Waals surface area contributed by atoms with Gasteiger partial charge in [0.1, 0.15) is 0 Å². The van der Waals surface area contributed by atoms with Gasteiger partial charge in [-0.1, -0.05) is 22.0 Å². The van der Waals surface area contributed by atoms with E-state index in [4.69, 9.17) is 12.6 Å². The molecule has 0 N–H and O–H groups in total. The first kappa shape index (κ1) is 7.46. The highest BCUT2D eigenvalue weighted by Crippen LogP contribution is 2.24. The highest BCUT2D eigenvalue weighted by atomic mass is 79.9. The molecule has 0 fully saturated rings. The van der Waals surface area contributed by atoms with Gasteiger partial charge in [0, 0.05) is 4.47 Å². The molecular formula is C7H3BrNS2-. The van der Waals surface area contributed by atoms with Gasteiger partial charge in [0.15, 0.2) is 0 Å². The number of fused-ring (bicyclic) bond motifs is 1. The molecule has 0 aliphatic carbocycles. The average molecular weight is 245 g/mol. The standard InChI is InChI=1S/C7H4BrNS2/c8-4-1-2-6-5(3-4)9-7(10)11-6/h1-3H,(H,9,10)/p-1. The Morgan fingerprint density at radius 3 is 3.09 bits per heavy atom. The zero-order valence-electron chi connectivity index (χ0n) is 5.37. The van der Waals surface area contributed by atoms with Crippen LogP contribution in [-0.2, 0) is 12.6 Å². The van der Waals surface area contributed by atoms with Crippen LogP contribution < -0.4 is 0 Å². The van der Waals surface area contributed by atoms with Crippen molar-refractivity contribution in [1.29, 1.82) is 0 Å². The fourth-order valence-electron chi connectivity index (χ4n) is 0.879. The molecule has 0 bridgehead atoms. The molecular weight excluding hydrogens is 242 g/mol. The zero-order valence-corrected chi connectivity index (χ0v) is 8.59. The van der Waals surface area contributed by atoms with Crippen LogP contribution >= 0.6 is 27.3 Å². The number of hydrogen-bond acceptors (Lipinski definition) is 3. The van der Waals surface area contributed by atoms with E-state index in [0.717, 1.165) is 14.7 Å². The quantitative estimate of drug-likeness (QED) is 0.662. The van der Waals surface area contributed by atoms with Crippen molar-refractivity contribution in [3.05, 3.63) is 22.7 Å². The minimum atomic E-state index is 0.707. The van der Waals surface area contributed by atoms with Crippen LogP contribution in [-0.4, -0.2) is 4.98 Å². The van der Waals surface area contributed by atoms with Crippen molar-refractivity contribution < 1.29 is 0 Å². The van der Waals surface area contributed by atoms with E-state index in [-0.39, 0.29) is 0 Å². The van der Waals surface area contributed by atoms with Crippen molar-refractivity contribution in [2.45, 2.75) is 4.34 Å². The molecule has 2 aromatic rings. The van der Waals surface area contributed by atoms with Gasteiger partial charge in [0.2, 0.25) is 0 Å². The molecule has 0 saturated carbocycles. The molecule has 56 valence electrons. The summed E-state index contributed by atoms with van der Waals surface area (Å²) in [5, 5.41) is 0. The summed E-state index contributed by atoms with van der Waals surface area (Å²) in [5.41, 5.74) is 0.981. The molecule has 0 aliphatic heterocycles. The molecule has 0 saturated heterocycles. The summed E-state index contributed by atoms with van der Waals surface area (Å²) in [6, 6.07) is 5.99. The van der Waals surface area contributed by atoms with Crippen molar-refractivity contribution in [2.75, 3.05) is 0 Å². The predicted molar refractivity (Wildman–Crippen MR) is 53.0 cm³/mol. The minimum absolute atomic E-state index is 0.707. The van der Waals surface area contributed by atoms with Gasteiger partial charge >= 0.3 is 0 Å². The Balaban J connectivity index is 2.82. The van der Waals surface area contributed by atoms with Crippen molar-refractivity contribution in [1.82, 2.24) is 4.98 Å². The maximum Gasteiger partial charge on any atom is 0.0611 e. The van der Waals surface area contributed by atoms with E-state index < -0.39 is 0 Å². The molecule has 0 aliphatic rings. The van der Waals surface area contributed by atoms with Crippen LogP contribution in [0.4, 0.5) is 0 Å². The first-order valence-electron chi connectivity index (χ1n) is 2.99. The topological polar surface area (TPSA) is 12.9 Å². The van der Waals surface area contributed by atoms with E-state index in [2.05, 4.69) is 20.9 Å². The molecule has 0 radical (unpaired) electrons. The second kappa shape index (κ2) is 2.69. The summed E-state index contributed by atoms with van der Waals surface area (Å²) in [6.07, 6.45) is 0. The largest absolute Gasteiger partial charge is 0.408 e. The second-order valence-corrected chi connectivity index (χ2v) is 4.68. The van der Waals surface area contributed by atoms with E-state index in [1.165, 1.54) is 0 Å². The number of nitrogens with zero attached hydrogens (tertiary/aromatic N) is 1. The van der Waals surface area contributed by atoms with Crippen LogP contribution in [0.25, 0.3) is 10.2 Å². The van der Waals surface area contributed by atoms with Crippen molar-refractivity contribution in [2.24, 2.45) is 0 Å². The smallest absolute Gasteiger partial charge is 0.0611 e. The zero-order chi connectivity index (χ0) is 7.84. The fourth-order valence-corrected chi connectivity index (χ4v) is 2.27. The van der Waals surface area contributed by atoms with Gasteiger partial charge in [0.05, 0.1) is 5.52 Å². The van der Waals surface area contributed by atoms with Crippen molar-refractivity contribution in [3.8, 4) is 0 Å². The Hall–Kier alpha value is -0.190. The number of rotatable bonds is 0. The monoisotopic (exact) mass is 244 g/mol. The Morgan fingerprint density at radius 2 is 2.27 bits per heavy atom. The number of aromatic nitrogens is 1. The van der Waals surface area contributed by atoms with Gasteiger partial charge in [-0.25, -0.2) is 0 Å². The first-order chi connectivity index (χ1) is 5.25. The van der Waals surface area contributed by atoms with Gasteiger partial charge in [0.25, 0.3) is 0 Å². The molecule has 0 spiro atoms. The lowest BCUT2D eigenvalue weighted by Crippen LogP contribution is -1.67. The van der Waals surface area contributed by atoms with Gasteiger partial charge < -0.3 is 24.0 Å². The molecule has 0 amide bonds. The normalized spacial score (nSPS) is 10.6. The molecule has 0 atom stereocenters. The number of halogens is 1. The predicted octanol–water partition coefficient (Wildman–Crippen LogP) is 2.96. The van der Waals surface area contributed by atoms with Gasteiger partial charge in [-0.3, -0.25) is 4.98 Å². The van der Waals surface area contributed by atoms with Crippen LogP contribution in [0.3, 0.4) is 0 Å². The van der Waals surface area contributed by atoms with Crippen LogP contribution in [0.15, 0.2) is 27.0 Å². The number of benzene rings is 1. The molecule has 2 rings (SSSR count). The van der Waals surface area contributed by atoms with Crippen LogP contribution in [0.2, 0.25) is 0 Å². The van der Waals surface area contributed by atoms with E-state index in [9.17, 15) is 0 Å². The summed E-state index contributed by atoms with van der Waals surface area (Å²) >= 11 is 9.86. The number of thiazole rings is 1. The maximum absolute atomic E-state index is 4.95. The lowest BCUT2D eigenvalue weighted by Gasteiger charge is -1.90. The minimum Gasteiger partial charge on any atom is -0.408 e. The Kier molecular flexibility index (Phi) is 1.83. The van der Waals surface area contributed by atoms with E-state index >= 15 is 0 Å². The summed E-state index contributed by atoms with van der Waals surface area (Å²) < 4.78 is 2.90. The van der Waals surface area contributed by atoms with Gasteiger partial charge in [-0.2, -0.15) is 0 Å².